The molecule has 1 unspecified atom stereocenters. The van der Waals surface area contributed by atoms with Gasteiger partial charge in [-0.1, -0.05) is 65.3 Å². The van der Waals surface area contributed by atoms with Gasteiger partial charge >= 0.3 is 0 Å². The van der Waals surface area contributed by atoms with Gasteiger partial charge in [-0.3, -0.25) is 4.90 Å². The van der Waals surface area contributed by atoms with Crippen LogP contribution in [0, 0.1) is 0 Å². The van der Waals surface area contributed by atoms with Gasteiger partial charge in [0.2, 0.25) is 0 Å². The van der Waals surface area contributed by atoms with Crippen LogP contribution in [0.15, 0.2) is 65.4 Å². The highest BCUT2D eigenvalue weighted by molar-refractivity contribution is 6.31. The number of aromatic nitrogens is 1. The molecule has 0 radical (unpaired) electrons. The molecule has 4 rings (SSSR count). The van der Waals surface area contributed by atoms with Gasteiger partial charge in [0.05, 0.1) is 6.04 Å². The summed E-state index contributed by atoms with van der Waals surface area (Å²) in [4.78, 5) is 2.42. The highest BCUT2D eigenvalue weighted by atomic mass is 35.5. The van der Waals surface area contributed by atoms with E-state index in [1.807, 2.05) is 24.3 Å². The lowest BCUT2D eigenvalue weighted by Gasteiger charge is -2.35. The quantitative estimate of drug-likeness (QED) is 0.711. The number of nitrogens with zero attached hydrogens (tertiary/aromatic N) is 2. The van der Waals surface area contributed by atoms with Gasteiger partial charge in [0.1, 0.15) is 12.0 Å². The SMILES string of the molecule is Clc1ccccc1C1c2nocc2CCN1Cc1ccccc1. The summed E-state index contributed by atoms with van der Waals surface area (Å²) in [6, 6.07) is 18.5. The van der Waals surface area contributed by atoms with E-state index < -0.39 is 0 Å². The number of rotatable bonds is 3. The molecule has 0 bridgehead atoms. The number of benzene rings is 2. The largest absolute Gasteiger partial charge is 0.364 e. The third-order valence-electron chi connectivity index (χ3n) is 4.40. The summed E-state index contributed by atoms with van der Waals surface area (Å²) in [6.45, 7) is 1.82. The van der Waals surface area contributed by atoms with E-state index in [0.29, 0.717) is 0 Å². The van der Waals surface area contributed by atoms with E-state index in [-0.39, 0.29) is 6.04 Å². The van der Waals surface area contributed by atoms with Gasteiger partial charge in [-0.25, -0.2) is 0 Å². The molecule has 1 aliphatic heterocycles. The predicted octanol–water partition coefficient (Wildman–Crippen LogP) is 4.48. The zero-order valence-electron chi connectivity index (χ0n) is 12.7. The van der Waals surface area contributed by atoms with Crippen molar-refractivity contribution in [2.24, 2.45) is 0 Å². The molecule has 0 fully saturated rings. The van der Waals surface area contributed by atoms with Crippen molar-refractivity contribution in [2.45, 2.75) is 19.0 Å². The molecule has 1 atom stereocenters. The highest BCUT2D eigenvalue weighted by Crippen LogP contribution is 2.38. The van der Waals surface area contributed by atoms with Crippen molar-refractivity contribution in [2.75, 3.05) is 6.54 Å². The van der Waals surface area contributed by atoms with Gasteiger partial charge in [-0.15, -0.1) is 0 Å². The number of fused-ring (bicyclic) bond motifs is 1. The van der Waals surface area contributed by atoms with Crippen LogP contribution >= 0.6 is 11.6 Å². The molecule has 3 aromatic rings. The predicted molar refractivity (Wildman–Crippen MR) is 90.4 cm³/mol. The normalized spacial score (nSPS) is 17.9. The lowest BCUT2D eigenvalue weighted by atomic mass is 9.93. The van der Waals surface area contributed by atoms with Crippen molar-refractivity contribution in [3.63, 3.8) is 0 Å². The smallest absolute Gasteiger partial charge is 0.127 e. The zero-order chi connectivity index (χ0) is 15.6. The summed E-state index contributed by atoms with van der Waals surface area (Å²) in [7, 11) is 0. The summed E-state index contributed by atoms with van der Waals surface area (Å²) in [5.41, 5.74) is 4.54. The Morgan fingerprint density at radius 2 is 1.87 bits per heavy atom. The van der Waals surface area contributed by atoms with E-state index in [4.69, 9.17) is 16.1 Å². The van der Waals surface area contributed by atoms with E-state index in [1.165, 1.54) is 11.1 Å². The van der Waals surface area contributed by atoms with Crippen LogP contribution in [0.4, 0.5) is 0 Å². The molecule has 0 N–H and O–H groups in total. The van der Waals surface area contributed by atoms with Gasteiger partial charge in [0.25, 0.3) is 0 Å². The second-order valence-corrected chi connectivity index (χ2v) is 6.26. The van der Waals surface area contributed by atoms with Gasteiger partial charge in [0, 0.05) is 23.7 Å². The van der Waals surface area contributed by atoms with Crippen molar-refractivity contribution in [1.82, 2.24) is 10.1 Å². The standard InChI is InChI=1S/C19H17ClN2O/c20-17-9-5-4-8-16(17)19-18-15(13-23-21-18)10-11-22(19)12-14-6-2-1-3-7-14/h1-9,13,19H,10-12H2. The monoisotopic (exact) mass is 324 g/mol. The molecule has 0 saturated carbocycles. The van der Waals surface area contributed by atoms with Crippen LogP contribution in [0.2, 0.25) is 5.02 Å². The molecule has 0 amide bonds. The van der Waals surface area contributed by atoms with Crippen LogP contribution in [0.3, 0.4) is 0 Å². The molecule has 116 valence electrons. The average molecular weight is 325 g/mol. The summed E-state index contributed by atoms with van der Waals surface area (Å²) < 4.78 is 5.24. The summed E-state index contributed by atoms with van der Waals surface area (Å²) >= 11 is 6.47. The first kappa shape index (κ1) is 14.5. The number of halogens is 1. The Kier molecular flexibility index (Phi) is 3.90. The fourth-order valence-corrected chi connectivity index (χ4v) is 3.51. The average Bonchev–Trinajstić information content (AvgIpc) is 3.05. The molecule has 0 aliphatic carbocycles. The van der Waals surface area contributed by atoms with Crippen molar-refractivity contribution in [1.29, 1.82) is 0 Å². The van der Waals surface area contributed by atoms with Crippen LogP contribution in [0.25, 0.3) is 0 Å². The van der Waals surface area contributed by atoms with Crippen molar-refractivity contribution < 1.29 is 4.52 Å². The first-order valence-electron chi connectivity index (χ1n) is 7.78. The highest BCUT2D eigenvalue weighted by Gasteiger charge is 2.32. The topological polar surface area (TPSA) is 29.3 Å². The van der Waals surface area contributed by atoms with Crippen LogP contribution in [0.1, 0.15) is 28.4 Å². The second-order valence-electron chi connectivity index (χ2n) is 5.86. The summed E-state index contributed by atoms with van der Waals surface area (Å²) in [5.74, 6) is 0. The molecular weight excluding hydrogens is 308 g/mol. The van der Waals surface area contributed by atoms with Gasteiger partial charge < -0.3 is 4.52 Å². The minimum absolute atomic E-state index is 0.0337. The Morgan fingerprint density at radius 3 is 2.70 bits per heavy atom. The molecule has 0 saturated heterocycles. The van der Waals surface area contributed by atoms with Crippen molar-refractivity contribution in [3.8, 4) is 0 Å². The Bertz CT molecular complexity index is 800. The molecule has 1 aromatic heterocycles. The van der Waals surface area contributed by atoms with Crippen molar-refractivity contribution in [3.05, 3.63) is 88.3 Å². The Balaban J connectivity index is 1.75. The maximum atomic E-state index is 6.47. The molecule has 0 spiro atoms. The van der Waals surface area contributed by atoms with Crippen molar-refractivity contribution >= 4 is 11.6 Å². The Labute approximate surface area is 140 Å². The van der Waals surface area contributed by atoms with Crippen LogP contribution < -0.4 is 0 Å². The lowest BCUT2D eigenvalue weighted by molar-refractivity contribution is 0.198. The van der Waals surface area contributed by atoms with E-state index in [1.54, 1.807) is 6.26 Å². The molecule has 23 heavy (non-hydrogen) atoms. The van der Waals surface area contributed by atoms with E-state index >= 15 is 0 Å². The third kappa shape index (κ3) is 2.78. The molecule has 2 heterocycles. The first-order chi connectivity index (χ1) is 11.3. The minimum Gasteiger partial charge on any atom is -0.364 e. The van der Waals surface area contributed by atoms with E-state index in [9.17, 15) is 0 Å². The van der Waals surface area contributed by atoms with Crippen LogP contribution in [-0.4, -0.2) is 16.6 Å². The lowest BCUT2D eigenvalue weighted by Crippen LogP contribution is -2.35. The number of hydrogen-bond acceptors (Lipinski definition) is 3. The first-order valence-corrected chi connectivity index (χ1v) is 8.16. The van der Waals surface area contributed by atoms with Gasteiger partial charge in [-0.05, 0) is 23.6 Å². The maximum Gasteiger partial charge on any atom is 0.127 e. The number of hydrogen-bond donors (Lipinski definition) is 0. The van der Waals surface area contributed by atoms with Gasteiger partial charge in [-0.2, -0.15) is 0 Å². The minimum atomic E-state index is 0.0337. The maximum absolute atomic E-state index is 6.47. The molecule has 2 aromatic carbocycles. The van der Waals surface area contributed by atoms with E-state index in [0.717, 1.165) is 35.8 Å². The fraction of sp³-hybridized carbons (Fsp3) is 0.211. The zero-order valence-corrected chi connectivity index (χ0v) is 13.4. The summed E-state index contributed by atoms with van der Waals surface area (Å²) in [5, 5.41) is 5.04. The fourth-order valence-electron chi connectivity index (χ4n) is 3.27. The summed E-state index contributed by atoms with van der Waals surface area (Å²) in [6.07, 6.45) is 2.71. The Hall–Kier alpha value is -2.10. The van der Waals surface area contributed by atoms with Crippen LogP contribution in [-0.2, 0) is 13.0 Å². The Morgan fingerprint density at radius 1 is 1.09 bits per heavy atom. The van der Waals surface area contributed by atoms with Crippen LogP contribution in [0.5, 0.6) is 0 Å². The van der Waals surface area contributed by atoms with Gasteiger partial charge in [0.15, 0.2) is 0 Å². The molecule has 4 heteroatoms. The molecular formula is C19H17ClN2O. The third-order valence-corrected chi connectivity index (χ3v) is 4.74. The molecule has 1 aliphatic rings. The molecule has 3 nitrogen and oxygen atoms in total. The second kappa shape index (κ2) is 6.19. The van der Waals surface area contributed by atoms with E-state index in [2.05, 4.69) is 40.4 Å².